The van der Waals surface area contributed by atoms with Gasteiger partial charge in [0.1, 0.15) is 6.26 Å². The number of nitrogens with one attached hydrogen (secondary N) is 1. The van der Waals surface area contributed by atoms with Crippen LogP contribution in [0.1, 0.15) is 15.9 Å². The summed E-state index contributed by atoms with van der Waals surface area (Å²) >= 11 is 0. The van der Waals surface area contributed by atoms with Crippen LogP contribution in [0.5, 0.6) is 0 Å². The number of carbonyl (C=O) groups excluding carboxylic acids is 1. The molecule has 2 rings (SSSR count). The molecule has 0 spiro atoms. The van der Waals surface area contributed by atoms with E-state index < -0.39 is 15.9 Å². The second-order valence-corrected chi connectivity index (χ2v) is 6.47. The Morgan fingerprint density at radius 2 is 1.95 bits per heavy atom. The third kappa shape index (κ3) is 3.25. The maximum atomic E-state index is 12.2. The molecule has 1 heterocycles. The van der Waals surface area contributed by atoms with Crippen LogP contribution >= 0.6 is 0 Å². The van der Waals surface area contributed by atoms with Crippen LogP contribution in [0.3, 0.4) is 0 Å². The van der Waals surface area contributed by atoms with Crippen molar-refractivity contribution in [3.63, 3.8) is 0 Å². The summed E-state index contributed by atoms with van der Waals surface area (Å²) in [4.78, 5) is 13.7. The van der Waals surface area contributed by atoms with Gasteiger partial charge in [-0.1, -0.05) is 6.07 Å². The van der Waals surface area contributed by atoms with Gasteiger partial charge in [-0.15, -0.1) is 0 Å². The normalized spacial score (nSPS) is 11.2. The quantitative estimate of drug-likeness (QED) is 0.931. The van der Waals surface area contributed by atoms with E-state index >= 15 is 0 Å². The van der Waals surface area contributed by atoms with Crippen molar-refractivity contribution in [2.75, 3.05) is 19.0 Å². The maximum absolute atomic E-state index is 12.2. The smallest absolute Gasteiger partial charge is 0.268 e. The number of sulfonamides is 1. The van der Waals surface area contributed by atoms with E-state index in [0.29, 0.717) is 0 Å². The highest BCUT2D eigenvalue weighted by Crippen LogP contribution is 2.22. The zero-order chi connectivity index (χ0) is 15.6. The lowest BCUT2D eigenvalue weighted by atomic mass is 10.2. The number of carbonyl (C=O) groups is 1. The second-order valence-electron chi connectivity index (χ2n) is 4.79. The minimum Gasteiger partial charge on any atom is -0.472 e. The van der Waals surface area contributed by atoms with Gasteiger partial charge in [0.05, 0.1) is 16.7 Å². The van der Waals surface area contributed by atoms with Crippen molar-refractivity contribution in [3.05, 3.63) is 47.9 Å². The molecule has 0 atom stereocenters. The van der Waals surface area contributed by atoms with Crippen molar-refractivity contribution in [3.8, 4) is 0 Å². The monoisotopic (exact) mass is 308 g/mol. The van der Waals surface area contributed by atoms with Gasteiger partial charge in [0.25, 0.3) is 15.9 Å². The van der Waals surface area contributed by atoms with Crippen LogP contribution in [0.25, 0.3) is 0 Å². The van der Waals surface area contributed by atoms with Crippen LogP contribution in [0.15, 0.2) is 46.1 Å². The summed E-state index contributed by atoms with van der Waals surface area (Å²) in [6, 6.07) is 6.09. The molecule has 0 radical (unpaired) electrons. The summed E-state index contributed by atoms with van der Waals surface area (Å²) in [6.07, 6.45) is 2.49. The topological polar surface area (TPSA) is 79.6 Å². The fourth-order valence-corrected chi connectivity index (χ4v) is 2.87. The molecule has 0 fully saturated rings. The molecule has 0 aliphatic heterocycles. The molecule has 0 saturated carbocycles. The van der Waals surface area contributed by atoms with Crippen LogP contribution in [-0.2, 0) is 10.0 Å². The minimum atomic E-state index is -3.93. The second kappa shape index (κ2) is 5.61. The first-order valence-corrected chi connectivity index (χ1v) is 7.67. The number of amides is 1. The summed E-state index contributed by atoms with van der Waals surface area (Å²) in [5.41, 5.74) is 1.87. The third-order valence-corrected chi connectivity index (χ3v) is 4.31. The minimum absolute atomic E-state index is 0.0358. The van der Waals surface area contributed by atoms with Crippen molar-refractivity contribution in [1.29, 1.82) is 0 Å². The first-order valence-electron chi connectivity index (χ1n) is 6.18. The Hall–Kier alpha value is -2.28. The lowest BCUT2D eigenvalue weighted by Gasteiger charge is -2.17. The summed E-state index contributed by atoms with van der Waals surface area (Å²) in [5.74, 6) is -0.726. The number of nitrogens with zero attached hydrogens (tertiary/aromatic N) is 1. The van der Waals surface area contributed by atoms with Gasteiger partial charge in [-0.3, -0.25) is 4.79 Å². The number of anilines is 1. The van der Waals surface area contributed by atoms with E-state index in [1.54, 1.807) is 6.07 Å². The van der Waals surface area contributed by atoms with E-state index in [0.717, 1.165) is 11.3 Å². The molecule has 0 unspecified atom stereocenters. The molecule has 21 heavy (non-hydrogen) atoms. The average Bonchev–Trinajstić information content (AvgIpc) is 2.92. The molecule has 7 heteroatoms. The van der Waals surface area contributed by atoms with Gasteiger partial charge in [-0.25, -0.2) is 13.1 Å². The van der Waals surface area contributed by atoms with Crippen LogP contribution in [0.2, 0.25) is 0 Å². The Balaban J connectivity index is 2.32. The molecule has 1 amide bonds. The third-order valence-electron chi connectivity index (χ3n) is 2.98. The number of benzene rings is 1. The van der Waals surface area contributed by atoms with E-state index in [-0.39, 0.29) is 10.5 Å². The number of hydrogen-bond acceptors (Lipinski definition) is 5. The molecule has 0 aliphatic carbocycles. The molecule has 0 saturated heterocycles. The van der Waals surface area contributed by atoms with Crippen molar-refractivity contribution in [2.24, 2.45) is 0 Å². The molecule has 112 valence electrons. The van der Waals surface area contributed by atoms with Crippen LogP contribution in [-0.4, -0.2) is 28.4 Å². The summed E-state index contributed by atoms with van der Waals surface area (Å²) < 4.78 is 31.3. The Kier molecular flexibility index (Phi) is 4.04. The number of rotatable bonds is 4. The fraction of sp³-hybridized carbons (Fsp3) is 0.214. The van der Waals surface area contributed by atoms with Crippen LogP contribution in [0.4, 0.5) is 5.69 Å². The predicted octanol–water partition coefficient (Wildman–Crippen LogP) is 1.77. The van der Waals surface area contributed by atoms with Crippen LogP contribution in [0, 0.1) is 6.92 Å². The summed E-state index contributed by atoms with van der Waals surface area (Å²) in [5, 5.41) is 0. The lowest BCUT2D eigenvalue weighted by Crippen LogP contribution is -2.30. The molecule has 1 N–H and O–H groups in total. The standard InChI is InChI=1S/C14H16N2O4S/c1-10-4-5-12(8-13(10)16(2)3)21(18,19)15-14(17)11-6-7-20-9-11/h4-9H,1-3H3,(H,15,17). The molecular formula is C14H16N2O4S. The maximum Gasteiger partial charge on any atom is 0.268 e. The molecule has 0 aliphatic rings. The lowest BCUT2D eigenvalue weighted by molar-refractivity contribution is 0.0981. The molecule has 1 aromatic heterocycles. The van der Waals surface area contributed by atoms with Gasteiger partial charge in [0, 0.05) is 19.8 Å². The predicted molar refractivity (Wildman–Crippen MR) is 78.9 cm³/mol. The van der Waals surface area contributed by atoms with E-state index in [1.165, 1.54) is 30.7 Å². The molecule has 2 aromatic rings. The Morgan fingerprint density at radius 1 is 1.24 bits per heavy atom. The summed E-state index contributed by atoms with van der Waals surface area (Å²) in [7, 11) is -0.282. The number of furan rings is 1. The fourth-order valence-electron chi connectivity index (χ4n) is 1.87. The Morgan fingerprint density at radius 3 is 2.52 bits per heavy atom. The zero-order valence-corrected chi connectivity index (χ0v) is 12.8. The van der Waals surface area contributed by atoms with E-state index in [2.05, 4.69) is 0 Å². The Labute approximate surface area is 123 Å². The van der Waals surface area contributed by atoms with Crippen molar-refractivity contribution < 1.29 is 17.6 Å². The molecule has 1 aromatic carbocycles. The van der Waals surface area contributed by atoms with Gasteiger partial charge in [-0.2, -0.15) is 0 Å². The van der Waals surface area contributed by atoms with Gasteiger partial charge in [0.2, 0.25) is 0 Å². The van der Waals surface area contributed by atoms with Crippen molar-refractivity contribution in [1.82, 2.24) is 4.72 Å². The van der Waals surface area contributed by atoms with E-state index in [1.807, 2.05) is 30.6 Å². The molecule has 6 nitrogen and oxygen atoms in total. The highest BCUT2D eigenvalue weighted by Gasteiger charge is 2.20. The number of aryl methyl sites for hydroxylation is 1. The largest absolute Gasteiger partial charge is 0.472 e. The zero-order valence-electron chi connectivity index (χ0n) is 12.0. The highest BCUT2D eigenvalue weighted by molar-refractivity contribution is 7.90. The first kappa shape index (κ1) is 15.1. The Bertz CT molecular complexity index is 749. The first-order chi connectivity index (χ1) is 9.81. The van der Waals surface area contributed by atoms with Gasteiger partial charge in [0.15, 0.2) is 0 Å². The molecular weight excluding hydrogens is 292 g/mol. The SMILES string of the molecule is Cc1ccc(S(=O)(=O)NC(=O)c2ccoc2)cc1N(C)C. The van der Waals surface area contributed by atoms with E-state index in [4.69, 9.17) is 4.42 Å². The number of hydrogen-bond donors (Lipinski definition) is 1. The van der Waals surface area contributed by atoms with Crippen LogP contribution < -0.4 is 9.62 Å². The van der Waals surface area contributed by atoms with Gasteiger partial charge in [-0.05, 0) is 30.7 Å². The van der Waals surface area contributed by atoms with E-state index in [9.17, 15) is 13.2 Å². The highest BCUT2D eigenvalue weighted by atomic mass is 32.2. The van der Waals surface area contributed by atoms with Crippen molar-refractivity contribution >= 4 is 21.6 Å². The summed E-state index contributed by atoms with van der Waals surface area (Å²) in [6.45, 7) is 1.88. The van der Waals surface area contributed by atoms with Gasteiger partial charge < -0.3 is 9.32 Å². The van der Waals surface area contributed by atoms with Gasteiger partial charge >= 0.3 is 0 Å². The average molecular weight is 308 g/mol. The molecule has 0 bridgehead atoms. The van der Waals surface area contributed by atoms with Crippen molar-refractivity contribution in [2.45, 2.75) is 11.8 Å².